The van der Waals surface area contributed by atoms with Crippen LogP contribution in [0, 0.1) is 17.5 Å². The molecule has 0 aromatic heterocycles. The maximum atomic E-state index is 13.6. The Labute approximate surface area is 120 Å². The Morgan fingerprint density at radius 2 is 1.48 bits per heavy atom. The van der Waals surface area contributed by atoms with Gasteiger partial charge in [-0.2, -0.15) is 0 Å². The minimum atomic E-state index is -1.19. The van der Waals surface area contributed by atoms with Gasteiger partial charge in [-0.1, -0.05) is 42.5 Å². The fourth-order valence-electron chi connectivity index (χ4n) is 2.30. The van der Waals surface area contributed by atoms with Gasteiger partial charge < -0.3 is 5.32 Å². The van der Waals surface area contributed by atoms with Gasteiger partial charge in [0, 0.05) is 18.7 Å². The van der Waals surface area contributed by atoms with E-state index in [1.54, 1.807) is 0 Å². The van der Waals surface area contributed by atoms with Crippen LogP contribution in [0.1, 0.15) is 5.56 Å². The Kier molecular flexibility index (Phi) is 3.52. The Bertz CT molecular complexity index is 794. The number of fused-ring (bicyclic) bond motifs is 1. The summed E-state index contributed by atoms with van der Waals surface area (Å²) >= 11 is 0. The molecule has 1 N–H and O–H groups in total. The monoisotopic (exact) mass is 287 g/mol. The molecule has 0 aliphatic heterocycles. The molecule has 0 saturated carbocycles. The summed E-state index contributed by atoms with van der Waals surface area (Å²) in [7, 11) is 0. The van der Waals surface area contributed by atoms with Crippen LogP contribution in [0.15, 0.2) is 54.6 Å². The molecule has 106 valence electrons. The topological polar surface area (TPSA) is 12.0 Å². The van der Waals surface area contributed by atoms with E-state index in [1.807, 2.05) is 42.5 Å². The summed E-state index contributed by atoms with van der Waals surface area (Å²) in [5.41, 5.74) is 0.902. The van der Waals surface area contributed by atoms with Crippen LogP contribution in [-0.4, -0.2) is 0 Å². The lowest BCUT2D eigenvalue weighted by Gasteiger charge is -2.10. The molecular weight excluding hydrogens is 275 g/mol. The van der Waals surface area contributed by atoms with E-state index in [1.165, 1.54) is 0 Å². The molecule has 21 heavy (non-hydrogen) atoms. The van der Waals surface area contributed by atoms with Gasteiger partial charge >= 0.3 is 0 Å². The highest BCUT2D eigenvalue weighted by atomic mass is 19.2. The van der Waals surface area contributed by atoms with Crippen molar-refractivity contribution in [3.8, 4) is 0 Å². The molecule has 0 aliphatic rings. The van der Waals surface area contributed by atoms with E-state index < -0.39 is 17.5 Å². The summed E-state index contributed by atoms with van der Waals surface area (Å²) in [4.78, 5) is 0. The van der Waals surface area contributed by atoms with E-state index in [-0.39, 0.29) is 5.69 Å². The Morgan fingerprint density at radius 1 is 0.762 bits per heavy atom. The smallest absolute Gasteiger partial charge is 0.161 e. The van der Waals surface area contributed by atoms with Crippen LogP contribution in [0.25, 0.3) is 10.8 Å². The first kappa shape index (κ1) is 13.5. The van der Waals surface area contributed by atoms with Crippen molar-refractivity contribution < 1.29 is 13.2 Å². The maximum absolute atomic E-state index is 13.6. The second-order valence-electron chi connectivity index (χ2n) is 4.74. The third kappa shape index (κ3) is 2.70. The highest BCUT2D eigenvalue weighted by Gasteiger charge is 2.09. The van der Waals surface area contributed by atoms with Crippen LogP contribution < -0.4 is 5.32 Å². The van der Waals surface area contributed by atoms with Gasteiger partial charge in [0.2, 0.25) is 0 Å². The summed E-state index contributed by atoms with van der Waals surface area (Å²) in [6.45, 7) is 0.323. The van der Waals surface area contributed by atoms with Gasteiger partial charge in [0.25, 0.3) is 0 Å². The molecule has 3 rings (SSSR count). The third-order valence-electron chi connectivity index (χ3n) is 3.36. The molecule has 0 radical (unpaired) electrons. The molecule has 3 aromatic rings. The summed E-state index contributed by atoms with van der Waals surface area (Å²) in [6.07, 6.45) is 0. The molecular formula is C17H12F3N. The van der Waals surface area contributed by atoms with Crippen LogP contribution in [0.2, 0.25) is 0 Å². The molecule has 0 aliphatic carbocycles. The van der Waals surface area contributed by atoms with Gasteiger partial charge in [0.05, 0.1) is 5.69 Å². The number of benzene rings is 3. The molecule has 1 nitrogen and oxygen atoms in total. The number of anilines is 1. The summed E-state index contributed by atoms with van der Waals surface area (Å²) < 4.78 is 39.6. The normalized spacial score (nSPS) is 10.8. The van der Waals surface area contributed by atoms with Crippen molar-refractivity contribution in [2.24, 2.45) is 0 Å². The number of hydrogen-bond donors (Lipinski definition) is 1. The zero-order chi connectivity index (χ0) is 14.8. The summed E-state index contributed by atoms with van der Waals surface area (Å²) in [5.74, 6) is -3.07. The summed E-state index contributed by atoms with van der Waals surface area (Å²) in [5, 5.41) is 4.92. The fourth-order valence-corrected chi connectivity index (χ4v) is 2.30. The van der Waals surface area contributed by atoms with E-state index in [4.69, 9.17) is 0 Å². The standard InChI is InChI=1S/C17H12F3N/c18-14-8-16(20)17(9-15(14)19)21-10-12-6-3-5-11-4-1-2-7-13(11)12/h1-9,21H,10H2. The van der Waals surface area contributed by atoms with Crippen LogP contribution in [0.4, 0.5) is 18.9 Å². The third-order valence-corrected chi connectivity index (χ3v) is 3.36. The predicted molar refractivity (Wildman–Crippen MR) is 77.6 cm³/mol. The lowest BCUT2D eigenvalue weighted by atomic mass is 10.0. The molecule has 0 spiro atoms. The SMILES string of the molecule is Fc1cc(F)c(NCc2cccc3ccccc23)cc1F. The van der Waals surface area contributed by atoms with Crippen molar-refractivity contribution in [3.05, 3.63) is 77.6 Å². The maximum Gasteiger partial charge on any atom is 0.161 e. The Hall–Kier alpha value is -2.49. The fraction of sp³-hybridized carbons (Fsp3) is 0.0588. The molecule has 3 aromatic carbocycles. The Balaban J connectivity index is 1.89. The summed E-state index contributed by atoms with van der Waals surface area (Å²) in [6, 6.07) is 15.0. The molecule has 0 fully saturated rings. The minimum Gasteiger partial charge on any atom is -0.378 e. The predicted octanol–water partition coefficient (Wildman–Crippen LogP) is 4.87. The van der Waals surface area contributed by atoms with E-state index in [0.29, 0.717) is 12.6 Å². The van der Waals surface area contributed by atoms with Gasteiger partial charge in [-0.3, -0.25) is 0 Å². The van der Waals surface area contributed by atoms with Gasteiger partial charge in [-0.25, -0.2) is 13.2 Å². The zero-order valence-electron chi connectivity index (χ0n) is 11.0. The molecule has 0 amide bonds. The van der Waals surface area contributed by atoms with Gasteiger partial charge in [-0.05, 0) is 16.3 Å². The molecule has 4 heteroatoms. The number of halogens is 3. The highest BCUT2D eigenvalue weighted by Crippen LogP contribution is 2.22. The average molecular weight is 287 g/mol. The highest BCUT2D eigenvalue weighted by molar-refractivity contribution is 5.85. The lowest BCUT2D eigenvalue weighted by Crippen LogP contribution is -2.03. The second-order valence-corrected chi connectivity index (χ2v) is 4.74. The molecule has 0 saturated heterocycles. The van der Waals surface area contributed by atoms with Crippen molar-refractivity contribution in [2.75, 3.05) is 5.32 Å². The molecule has 0 unspecified atom stereocenters. The minimum absolute atomic E-state index is 0.0539. The largest absolute Gasteiger partial charge is 0.378 e. The molecule has 0 heterocycles. The van der Waals surface area contributed by atoms with Crippen molar-refractivity contribution in [3.63, 3.8) is 0 Å². The van der Waals surface area contributed by atoms with E-state index in [0.717, 1.165) is 22.4 Å². The van der Waals surface area contributed by atoms with Crippen LogP contribution in [-0.2, 0) is 6.54 Å². The lowest BCUT2D eigenvalue weighted by molar-refractivity contribution is 0.496. The number of rotatable bonds is 3. The van der Waals surface area contributed by atoms with Crippen molar-refractivity contribution in [1.82, 2.24) is 0 Å². The van der Waals surface area contributed by atoms with Gasteiger partial charge in [0.1, 0.15) is 5.82 Å². The zero-order valence-corrected chi connectivity index (χ0v) is 11.0. The first-order chi connectivity index (χ1) is 10.1. The van der Waals surface area contributed by atoms with E-state index in [2.05, 4.69) is 5.32 Å². The Morgan fingerprint density at radius 3 is 2.33 bits per heavy atom. The van der Waals surface area contributed by atoms with Gasteiger partial charge in [-0.15, -0.1) is 0 Å². The van der Waals surface area contributed by atoms with Crippen LogP contribution >= 0.6 is 0 Å². The van der Waals surface area contributed by atoms with Crippen LogP contribution in [0.3, 0.4) is 0 Å². The number of nitrogens with one attached hydrogen (secondary N) is 1. The molecule has 0 atom stereocenters. The van der Waals surface area contributed by atoms with E-state index >= 15 is 0 Å². The van der Waals surface area contributed by atoms with E-state index in [9.17, 15) is 13.2 Å². The van der Waals surface area contributed by atoms with Crippen molar-refractivity contribution >= 4 is 16.5 Å². The average Bonchev–Trinajstić information content (AvgIpc) is 2.49. The second kappa shape index (κ2) is 5.48. The quantitative estimate of drug-likeness (QED) is 0.678. The van der Waals surface area contributed by atoms with Crippen molar-refractivity contribution in [1.29, 1.82) is 0 Å². The van der Waals surface area contributed by atoms with Crippen molar-refractivity contribution in [2.45, 2.75) is 6.54 Å². The number of hydrogen-bond acceptors (Lipinski definition) is 1. The van der Waals surface area contributed by atoms with Crippen LogP contribution in [0.5, 0.6) is 0 Å². The first-order valence-electron chi connectivity index (χ1n) is 6.50. The first-order valence-corrected chi connectivity index (χ1v) is 6.50. The van der Waals surface area contributed by atoms with Gasteiger partial charge in [0.15, 0.2) is 11.6 Å². The molecule has 0 bridgehead atoms.